The SMILES string of the molecule is CCOc1ccc(CN2CCC[C@@H]2c2cccc(C)c2)cc1OCC. The molecule has 1 aliphatic heterocycles. The van der Waals surface area contributed by atoms with E-state index in [0.717, 1.165) is 24.6 Å². The Labute approximate surface area is 151 Å². The van der Waals surface area contributed by atoms with Crippen molar-refractivity contribution in [1.29, 1.82) is 0 Å². The van der Waals surface area contributed by atoms with Gasteiger partial charge in [0.25, 0.3) is 0 Å². The van der Waals surface area contributed by atoms with Crippen LogP contribution in [0.1, 0.15) is 49.4 Å². The van der Waals surface area contributed by atoms with E-state index in [0.29, 0.717) is 19.3 Å². The third-order valence-corrected chi connectivity index (χ3v) is 4.78. The summed E-state index contributed by atoms with van der Waals surface area (Å²) in [6, 6.07) is 15.8. The Morgan fingerprint density at radius 1 is 1.00 bits per heavy atom. The molecule has 0 radical (unpaired) electrons. The highest BCUT2D eigenvalue weighted by atomic mass is 16.5. The zero-order valence-corrected chi connectivity index (χ0v) is 15.6. The van der Waals surface area contributed by atoms with Gasteiger partial charge in [0, 0.05) is 12.6 Å². The Hall–Kier alpha value is -2.00. The van der Waals surface area contributed by atoms with Crippen LogP contribution in [0.2, 0.25) is 0 Å². The summed E-state index contributed by atoms with van der Waals surface area (Å²) >= 11 is 0. The lowest BCUT2D eigenvalue weighted by Crippen LogP contribution is -2.22. The summed E-state index contributed by atoms with van der Waals surface area (Å²) in [5, 5.41) is 0. The molecule has 1 heterocycles. The first-order chi connectivity index (χ1) is 12.2. The summed E-state index contributed by atoms with van der Waals surface area (Å²) in [5.41, 5.74) is 4.06. The molecule has 25 heavy (non-hydrogen) atoms. The van der Waals surface area contributed by atoms with Crippen LogP contribution in [0, 0.1) is 6.92 Å². The summed E-state index contributed by atoms with van der Waals surface area (Å²) < 4.78 is 11.5. The Balaban J connectivity index is 1.77. The number of ether oxygens (including phenoxy) is 2. The molecule has 0 bridgehead atoms. The molecule has 3 heteroatoms. The maximum absolute atomic E-state index is 5.78. The number of benzene rings is 2. The van der Waals surface area contributed by atoms with E-state index < -0.39 is 0 Å². The highest BCUT2D eigenvalue weighted by Gasteiger charge is 2.26. The summed E-state index contributed by atoms with van der Waals surface area (Å²) in [6.45, 7) is 9.58. The fourth-order valence-electron chi connectivity index (χ4n) is 3.70. The Morgan fingerprint density at radius 3 is 2.56 bits per heavy atom. The molecule has 3 nitrogen and oxygen atoms in total. The molecule has 0 aromatic heterocycles. The van der Waals surface area contributed by atoms with E-state index in [9.17, 15) is 0 Å². The van der Waals surface area contributed by atoms with Crippen molar-refractivity contribution < 1.29 is 9.47 Å². The molecule has 0 aliphatic carbocycles. The molecule has 1 fully saturated rings. The predicted octanol–water partition coefficient (Wildman–Crippen LogP) is 5.13. The zero-order valence-electron chi connectivity index (χ0n) is 15.6. The van der Waals surface area contributed by atoms with Crippen molar-refractivity contribution in [2.45, 2.75) is 46.2 Å². The molecule has 0 spiro atoms. The zero-order chi connectivity index (χ0) is 17.6. The van der Waals surface area contributed by atoms with Gasteiger partial charge in [0.1, 0.15) is 0 Å². The van der Waals surface area contributed by atoms with E-state index in [1.165, 1.54) is 29.5 Å². The van der Waals surface area contributed by atoms with Gasteiger partial charge in [0.15, 0.2) is 11.5 Å². The van der Waals surface area contributed by atoms with Gasteiger partial charge in [-0.05, 0) is 63.4 Å². The van der Waals surface area contributed by atoms with E-state index in [1.807, 2.05) is 19.9 Å². The molecule has 2 aromatic carbocycles. The smallest absolute Gasteiger partial charge is 0.161 e. The minimum atomic E-state index is 0.516. The van der Waals surface area contributed by atoms with Crippen LogP contribution in [0.3, 0.4) is 0 Å². The van der Waals surface area contributed by atoms with Crippen LogP contribution >= 0.6 is 0 Å². The number of hydrogen-bond donors (Lipinski definition) is 0. The highest BCUT2D eigenvalue weighted by molar-refractivity contribution is 5.43. The minimum Gasteiger partial charge on any atom is -0.490 e. The van der Waals surface area contributed by atoms with E-state index in [-0.39, 0.29) is 0 Å². The summed E-state index contributed by atoms with van der Waals surface area (Å²) in [6.07, 6.45) is 2.49. The van der Waals surface area contributed by atoms with Gasteiger partial charge in [0.2, 0.25) is 0 Å². The van der Waals surface area contributed by atoms with E-state index in [4.69, 9.17) is 9.47 Å². The van der Waals surface area contributed by atoms with Crippen LogP contribution in [0.15, 0.2) is 42.5 Å². The molecule has 2 aromatic rings. The lowest BCUT2D eigenvalue weighted by atomic mass is 10.0. The van der Waals surface area contributed by atoms with Gasteiger partial charge < -0.3 is 9.47 Å². The first kappa shape index (κ1) is 17.8. The maximum Gasteiger partial charge on any atom is 0.161 e. The number of rotatable bonds is 7. The molecular weight excluding hydrogens is 310 g/mol. The van der Waals surface area contributed by atoms with Gasteiger partial charge in [-0.1, -0.05) is 35.9 Å². The maximum atomic E-state index is 5.78. The van der Waals surface area contributed by atoms with Gasteiger partial charge in [-0.15, -0.1) is 0 Å². The lowest BCUT2D eigenvalue weighted by Gasteiger charge is -2.25. The third-order valence-electron chi connectivity index (χ3n) is 4.78. The van der Waals surface area contributed by atoms with Crippen molar-refractivity contribution in [2.75, 3.05) is 19.8 Å². The number of hydrogen-bond acceptors (Lipinski definition) is 3. The van der Waals surface area contributed by atoms with E-state index in [1.54, 1.807) is 0 Å². The standard InChI is InChI=1S/C22H29NO2/c1-4-24-21-12-11-18(15-22(21)25-5-2)16-23-13-7-10-20(23)19-9-6-8-17(3)14-19/h6,8-9,11-12,14-15,20H,4-5,7,10,13,16H2,1-3H3/t20-/m1/s1. The Morgan fingerprint density at radius 2 is 1.80 bits per heavy atom. The predicted molar refractivity (Wildman–Crippen MR) is 102 cm³/mol. The van der Waals surface area contributed by atoms with Crippen molar-refractivity contribution in [3.63, 3.8) is 0 Å². The molecule has 3 rings (SSSR count). The fraction of sp³-hybridized carbons (Fsp3) is 0.455. The van der Waals surface area contributed by atoms with E-state index >= 15 is 0 Å². The lowest BCUT2D eigenvalue weighted by molar-refractivity contribution is 0.247. The van der Waals surface area contributed by atoms with Crippen molar-refractivity contribution in [1.82, 2.24) is 4.90 Å². The molecule has 0 unspecified atom stereocenters. The van der Waals surface area contributed by atoms with Crippen molar-refractivity contribution in [2.24, 2.45) is 0 Å². The topological polar surface area (TPSA) is 21.7 Å². The van der Waals surface area contributed by atoms with Gasteiger partial charge in [0.05, 0.1) is 13.2 Å². The monoisotopic (exact) mass is 339 g/mol. The Kier molecular flexibility index (Phi) is 5.98. The van der Waals surface area contributed by atoms with Crippen molar-refractivity contribution in [3.05, 3.63) is 59.2 Å². The largest absolute Gasteiger partial charge is 0.490 e. The molecule has 1 saturated heterocycles. The highest BCUT2D eigenvalue weighted by Crippen LogP contribution is 2.35. The number of aryl methyl sites for hydroxylation is 1. The molecular formula is C22H29NO2. The molecule has 0 N–H and O–H groups in total. The molecule has 0 amide bonds. The molecule has 134 valence electrons. The van der Waals surface area contributed by atoms with Gasteiger partial charge >= 0.3 is 0 Å². The molecule has 1 aliphatic rings. The summed E-state index contributed by atoms with van der Waals surface area (Å²) in [7, 11) is 0. The Bertz CT molecular complexity index is 698. The summed E-state index contributed by atoms with van der Waals surface area (Å²) in [5.74, 6) is 1.69. The first-order valence-electron chi connectivity index (χ1n) is 9.40. The van der Waals surface area contributed by atoms with Crippen LogP contribution in [-0.4, -0.2) is 24.7 Å². The van der Waals surface area contributed by atoms with E-state index in [2.05, 4.69) is 48.2 Å². The first-order valence-corrected chi connectivity index (χ1v) is 9.40. The minimum absolute atomic E-state index is 0.516. The van der Waals surface area contributed by atoms with Crippen LogP contribution in [0.25, 0.3) is 0 Å². The van der Waals surface area contributed by atoms with Gasteiger partial charge in [-0.2, -0.15) is 0 Å². The quantitative estimate of drug-likeness (QED) is 0.698. The fourth-order valence-corrected chi connectivity index (χ4v) is 3.70. The molecule has 1 atom stereocenters. The van der Waals surface area contributed by atoms with Crippen LogP contribution in [0.5, 0.6) is 11.5 Å². The number of nitrogens with zero attached hydrogens (tertiary/aromatic N) is 1. The van der Waals surface area contributed by atoms with Gasteiger partial charge in [-0.25, -0.2) is 0 Å². The van der Waals surface area contributed by atoms with Crippen LogP contribution < -0.4 is 9.47 Å². The van der Waals surface area contributed by atoms with Crippen molar-refractivity contribution >= 4 is 0 Å². The van der Waals surface area contributed by atoms with Crippen molar-refractivity contribution in [3.8, 4) is 11.5 Å². The average Bonchev–Trinajstić information content (AvgIpc) is 3.06. The van der Waals surface area contributed by atoms with Gasteiger partial charge in [-0.3, -0.25) is 4.90 Å². The normalized spacial score (nSPS) is 17.6. The summed E-state index contributed by atoms with van der Waals surface area (Å²) in [4.78, 5) is 2.58. The van der Waals surface area contributed by atoms with Crippen LogP contribution in [0.4, 0.5) is 0 Å². The average molecular weight is 339 g/mol. The molecule has 0 saturated carbocycles. The number of likely N-dealkylation sites (tertiary alicyclic amines) is 1. The second-order valence-electron chi connectivity index (χ2n) is 6.69. The van der Waals surface area contributed by atoms with Crippen LogP contribution in [-0.2, 0) is 6.54 Å². The third kappa shape index (κ3) is 4.35. The second kappa shape index (κ2) is 8.39. The second-order valence-corrected chi connectivity index (χ2v) is 6.69.